The zero-order valence-electron chi connectivity index (χ0n) is 20.4. The molecule has 1 saturated heterocycles. The van der Waals surface area contributed by atoms with Crippen molar-refractivity contribution >= 4 is 35.0 Å². The highest BCUT2D eigenvalue weighted by Gasteiger charge is 2.56. The van der Waals surface area contributed by atoms with Crippen LogP contribution in [-0.2, 0) is 30.8 Å². The molecule has 10 nitrogen and oxygen atoms in total. The zero-order chi connectivity index (χ0) is 27.9. The quantitative estimate of drug-likeness (QED) is 0.497. The Bertz CT molecular complexity index is 1400. The molecule has 1 aliphatic carbocycles. The highest BCUT2D eigenvalue weighted by atomic mass is 19.4. The minimum Gasteiger partial charge on any atom is -0.336 e. The second-order valence-corrected chi connectivity index (χ2v) is 10.0. The number of nitrogens with one attached hydrogen (secondary N) is 3. The van der Waals surface area contributed by atoms with Gasteiger partial charge in [-0.15, -0.1) is 0 Å². The lowest BCUT2D eigenvalue weighted by atomic mass is 9.80. The Morgan fingerprint density at radius 2 is 1.95 bits per heavy atom. The molecule has 3 N–H and O–H groups in total. The summed E-state index contributed by atoms with van der Waals surface area (Å²) in [7, 11) is 0. The third-order valence-electron chi connectivity index (χ3n) is 7.31. The van der Waals surface area contributed by atoms with E-state index < -0.39 is 47.0 Å². The monoisotopic (exact) mass is 540 g/mol. The first-order valence-electron chi connectivity index (χ1n) is 12.3. The molecule has 5 rings (SSSR count). The molecule has 3 aliphatic rings. The van der Waals surface area contributed by atoms with Gasteiger partial charge in [-0.1, -0.05) is 31.0 Å². The Hall–Kier alpha value is -4.47. The van der Waals surface area contributed by atoms with Crippen LogP contribution in [-0.4, -0.2) is 52.1 Å². The van der Waals surface area contributed by atoms with Crippen molar-refractivity contribution in [3.05, 3.63) is 53.9 Å². The van der Waals surface area contributed by atoms with Crippen LogP contribution in [0.1, 0.15) is 36.8 Å². The number of hydrogen-bond acceptors (Lipinski definition) is 6. The lowest BCUT2D eigenvalue weighted by Crippen LogP contribution is -2.53. The Balaban J connectivity index is 1.33. The van der Waals surface area contributed by atoms with Gasteiger partial charge in [0.1, 0.15) is 12.1 Å². The average molecular weight is 541 g/mol. The number of aromatic nitrogens is 1. The molecular formula is C26H23F3N6O4. The first-order chi connectivity index (χ1) is 18.5. The molecule has 0 unspecified atom stereocenters. The summed E-state index contributed by atoms with van der Waals surface area (Å²) in [6.07, 6.45) is -1.22. The van der Waals surface area contributed by atoms with E-state index in [2.05, 4.69) is 27.0 Å². The molecule has 0 bridgehead atoms. The fourth-order valence-electron chi connectivity index (χ4n) is 5.17. The van der Waals surface area contributed by atoms with Gasteiger partial charge in [-0.3, -0.25) is 24.2 Å². The summed E-state index contributed by atoms with van der Waals surface area (Å²) in [6, 6.07) is 7.64. The van der Waals surface area contributed by atoms with Crippen LogP contribution in [0.15, 0.2) is 42.7 Å². The van der Waals surface area contributed by atoms with Crippen molar-refractivity contribution in [2.75, 3.05) is 17.2 Å². The molecule has 2 aliphatic heterocycles. The third kappa shape index (κ3) is 5.01. The number of amides is 4. The van der Waals surface area contributed by atoms with E-state index in [1.165, 1.54) is 4.90 Å². The van der Waals surface area contributed by atoms with Gasteiger partial charge in [-0.25, -0.2) is 0 Å². The molecule has 1 saturated carbocycles. The van der Waals surface area contributed by atoms with Crippen LogP contribution in [0.5, 0.6) is 0 Å². The van der Waals surface area contributed by atoms with Crippen molar-refractivity contribution in [2.24, 2.45) is 5.92 Å². The second-order valence-electron chi connectivity index (χ2n) is 10.0. The van der Waals surface area contributed by atoms with E-state index in [1.807, 2.05) is 0 Å². The van der Waals surface area contributed by atoms with E-state index in [0.29, 0.717) is 23.5 Å². The van der Waals surface area contributed by atoms with Crippen molar-refractivity contribution in [3.8, 4) is 6.07 Å². The van der Waals surface area contributed by atoms with E-state index in [0.717, 1.165) is 19.0 Å². The lowest BCUT2D eigenvalue weighted by Gasteiger charge is -2.27. The molecule has 13 heteroatoms. The zero-order valence-corrected chi connectivity index (χ0v) is 20.4. The van der Waals surface area contributed by atoms with E-state index >= 15 is 0 Å². The number of nitrogens with zero attached hydrogens (tertiary/aromatic N) is 3. The van der Waals surface area contributed by atoms with Crippen LogP contribution < -0.4 is 16.0 Å². The molecule has 2 aromatic rings. The van der Waals surface area contributed by atoms with E-state index in [1.54, 1.807) is 24.3 Å². The van der Waals surface area contributed by atoms with Crippen molar-refractivity contribution < 1.29 is 32.3 Å². The number of rotatable bonds is 5. The summed E-state index contributed by atoms with van der Waals surface area (Å²) in [5.41, 5.74) is -1.27. The van der Waals surface area contributed by atoms with Crippen LogP contribution >= 0.6 is 0 Å². The molecular weight excluding hydrogens is 517 g/mol. The molecule has 3 heterocycles. The maximum absolute atomic E-state index is 13.7. The van der Waals surface area contributed by atoms with Crippen molar-refractivity contribution in [2.45, 2.75) is 49.4 Å². The molecule has 0 radical (unpaired) electrons. The van der Waals surface area contributed by atoms with Gasteiger partial charge in [0.15, 0.2) is 0 Å². The van der Waals surface area contributed by atoms with Crippen LogP contribution in [0.2, 0.25) is 0 Å². The van der Waals surface area contributed by atoms with Gasteiger partial charge in [0.2, 0.25) is 11.8 Å². The minimum absolute atomic E-state index is 0.0746. The number of pyridine rings is 1. The maximum atomic E-state index is 13.7. The largest absolute Gasteiger partial charge is 0.417 e. The van der Waals surface area contributed by atoms with Gasteiger partial charge in [-0.2, -0.15) is 18.4 Å². The Kier molecular flexibility index (Phi) is 6.49. The first kappa shape index (κ1) is 26.1. The predicted octanol–water partition coefficient (Wildman–Crippen LogP) is 2.34. The fraction of sp³-hybridized carbons (Fsp3) is 0.385. The van der Waals surface area contributed by atoms with Gasteiger partial charge in [0.25, 0.3) is 0 Å². The van der Waals surface area contributed by atoms with Crippen molar-refractivity contribution in [1.82, 2.24) is 15.2 Å². The van der Waals surface area contributed by atoms with Gasteiger partial charge >= 0.3 is 18.0 Å². The summed E-state index contributed by atoms with van der Waals surface area (Å²) < 4.78 is 38.9. The summed E-state index contributed by atoms with van der Waals surface area (Å²) in [4.78, 5) is 56.6. The number of alkyl halides is 3. The number of benzene rings is 1. The molecule has 39 heavy (non-hydrogen) atoms. The molecule has 1 spiro atoms. The highest BCUT2D eigenvalue weighted by molar-refractivity contribution is 6.40. The van der Waals surface area contributed by atoms with Crippen molar-refractivity contribution in [1.29, 1.82) is 5.26 Å². The second kappa shape index (κ2) is 9.68. The number of para-hydroxylation sites is 1. The minimum atomic E-state index is -4.70. The van der Waals surface area contributed by atoms with Crippen LogP contribution in [0.4, 0.5) is 24.5 Å². The summed E-state index contributed by atoms with van der Waals surface area (Å²) >= 11 is 0. The third-order valence-corrected chi connectivity index (χ3v) is 7.31. The summed E-state index contributed by atoms with van der Waals surface area (Å²) in [5.74, 6) is -3.30. The highest BCUT2D eigenvalue weighted by Crippen LogP contribution is 2.46. The lowest BCUT2D eigenvalue weighted by molar-refractivity contribution is -0.141. The summed E-state index contributed by atoms with van der Waals surface area (Å²) in [6.45, 7) is -0.0773. The number of carbonyl (C=O) groups excluding carboxylic acids is 4. The molecule has 1 aromatic heterocycles. The SMILES string of the molecule is N#C[C@@H]1C[C@@]2(CN1C(=O)[C@H](CC1CC1)NC(=O)C(=O)Nc1cncc(C(F)(F)F)c1)C(=O)Nc1ccccc12. The van der Waals surface area contributed by atoms with Gasteiger partial charge in [0.05, 0.1) is 28.9 Å². The fourth-order valence-corrected chi connectivity index (χ4v) is 5.17. The smallest absolute Gasteiger partial charge is 0.336 e. The van der Waals surface area contributed by atoms with E-state index in [9.17, 15) is 37.6 Å². The molecule has 2 fully saturated rings. The first-order valence-corrected chi connectivity index (χ1v) is 12.3. The molecule has 1 aromatic carbocycles. The van der Waals surface area contributed by atoms with Crippen molar-refractivity contribution in [3.63, 3.8) is 0 Å². The molecule has 202 valence electrons. The maximum Gasteiger partial charge on any atom is 0.417 e. The van der Waals surface area contributed by atoms with E-state index in [-0.39, 0.29) is 36.9 Å². The number of anilines is 2. The number of carbonyl (C=O) groups is 4. The van der Waals surface area contributed by atoms with E-state index in [4.69, 9.17) is 0 Å². The molecule has 3 atom stereocenters. The van der Waals surface area contributed by atoms with Gasteiger partial charge in [0, 0.05) is 24.8 Å². The Morgan fingerprint density at radius 1 is 1.21 bits per heavy atom. The standard InChI is InChI=1S/C26H23F3N6O4/c27-26(28,29)15-8-16(12-31-11-15)32-21(36)22(37)33-20(7-14-5-6-14)23(38)35-13-25(9-17(35)10-30)18-3-1-2-4-19(18)34-24(25)39/h1-4,8,11-12,14,17,20H,5-7,9,13H2,(H,32,36)(H,33,37)(H,34,39)/t17-,20-,25-/m0/s1. The van der Waals surface area contributed by atoms with Gasteiger partial charge in [-0.05, 0) is 30.0 Å². The molecule has 4 amide bonds. The number of hydrogen-bond donors (Lipinski definition) is 3. The number of halogens is 3. The van der Waals surface area contributed by atoms with Gasteiger partial charge < -0.3 is 20.9 Å². The number of likely N-dealkylation sites (tertiary alicyclic amines) is 1. The number of nitriles is 1. The van der Waals surface area contributed by atoms with Crippen LogP contribution in [0.25, 0.3) is 0 Å². The van der Waals surface area contributed by atoms with Crippen LogP contribution in [0.3, 0.4) is 0 Å². The van der Waals surface area contributed by atoms with Crippen LogP contribution in [0, 0.1) is 17.2 Å². The number of fused-ring (bicyclic) bond motifs is 2. The Labute approximate surface area is 220 Å². The normalized spacial score (nSPS) is 22.6. The average Bonchev–Trinajstić information content (AvgIpc) is 3.57. The Morgan fingerprint density at radius 3 is 2.64 bits per heavy atom. The predicted molar refractivity (Wildman–Crippen MR) is 130 cm³/mol. The topological polar surface area (TPSA) is 144 Å². The summed E-state index contributed by atoms with van der Waals surface area (Å²) in [5, 5.41) is 17.1.